The minimum Gasteiger partial charge on any atom is -0.481 e. The number of anilines is 1. The van der Waals surface area contributed by atoms with Crippen molar-refractivity contribution in [1.29, 1.82) is 0 Å². The number of aliphatic carboxylic acids is 1. The predicted molar refractivity (Wildman–Crippen MR) is 95.6 cm³/mol. The average molecular weight is 356 g/mol. The van der Waals surface area contributed by atoms with Gasteiger partial charge in [0.25, 0.3) is 5.91 Å². The Kier molecular flexibility index (Phi) is 4.21. The van der Waals surface area contributed by atoms with Gasteiger partial charge in [-0.05, 0) is 55.2 Å². The number of hydrogen-bond donors (Lipinski definition) is 2. The third-order valence-electron chi connectivity index (χ3n) is 6.02. The van der Waals surface area contributed by atoms with Gasteiger partial charge in [-0.15, -0.1) is 0 Å². The topological polar surface area (TPSA) is 86.7 Å². The Morgan fingerprint density at radius 3 is 2.50 bits per heavy atom. The molecule has 1 saturated heterocycles. The molecular formula is C20H24N2O4. The Labute approximate surface area is 152 Å². The SMILES string of the molecule is CC1CC1C(=O)Nc1cccc(C(=O)N2C[C@H](C(=O)O)[C@@H](C3CC3)C2)c1. The number of carboxylic acids is 1. The van der Waals surface area contributed by atoms with Crippen LogP contribution in [0.5, 0.6) is 0 Å². The molecule has 1 aromatic rings. The van der Waals surface area contributed by atoms with Gasteiger partial charge in [-0.1, -0.05) is 13.0 Å². The zero-order valence-electron chi connectivity index (χ0n) is 14.9. The van der Waals surface area contributed by atoms with Crippen LogP contribution in [0.1, 0.15) is 36.5 Å². The quantitative estimate of drug-likeness (QED) is 0.848. The molecule has 138 valence electrons. The number of benzene rings is 1. The number of likely N-dealkylation sites (tertiary alicyclic amines) is 1. The number of carbonyl (C=O) groups is 3. The summed E-state index contributed by atoms with van der Waals surface area (Å²) in [5, 5.41) is 12.3. The fourth-order valence-corrected chi connectivity index (χ4v) is 4.09. The van der Waals surface area contributed by atoms with Crippen molar-refractivity contribution >= 4 is 23.5 Å². The van der Waals surface area contributed by atoms with Gasteiger partial charge in [-0.3, -0.25) is 14.4 Å². The van der Waals surface area contributed by atoms with Crippen molar-refractivity contribution < 1.29 is 19.5 Å². The predicted octanol–water partition coefficient (Wildman–Crippen LogP) is 2.46. The smallest absolute Gasteiger partial charge is 0.308 e. The second kappa shape index (κ2) is 6.41. The summed E-state index contributed by atoms with van der Waals surface area (Å²) < 4.78 is 0. The third-order valence-corrected chi connectivity index (χ3v) is 6.02. The molecule has 26 heavy (non-hydrogen) atoms. The molecule has 0 bridgehead atoms. The second-order valence-electron chi connectivity index (χ2n) is 8.05. The van der Waals surface area contributed by atoms with E-state index in [1.54, 1.807) is 29.2 Å². The van der Waals surface area contributed by atoms with Gasteiger partial charge in [0.2, 0.25) is 5.91 Å². The fourth-order valence-electron chi connectivity index (χ4n) is 4.09. The zero-order chi connectivity index (χ0) is 18.4. The molecule has 1 heterocycles. The molecule has 6 heteroatoms. The maximum absolute atomic E-state index is 12.9. The lowest BCUT2D eigenvalue weighted by Crippen LogP contribution is -2.30. The molecule has 0 aromatic heterocycles. The summed E-state index contributed by atoms with van der Waals surface area (Å²) in [5.74, 6) is -0.420. The maximum atomic E-state index is 12.9. The lowest BCUT2D eigenvalue weighted by molar-refractivity contribution is -0.142. The van der Waals surface area contributed by atoms with Crippen LogP contribution in [0, 0.1) is 29.6 Å². The van der Waals surface area contributed by atoms with Crippen molar-refractivity contribution in [3.05, 3.63) is 29.8 Å². The second-order valence-corrected chi connectivity index (χ2v) is 8.05. The summed E-state index contributed by atoms with van der Waals surface area (Å²) >= 11 is 0. The summed E-state index contributed by atoms with van der Waals surface area (Å²) in [6, 6.07) is 6.94. The summed E-state index contributed by atoms with van der Waals surface area (Å²) in [5.41, 5.74) is 1.11. The molecule has 4 rings (SSSR count). The first kappa shape index (κ1) is 17.1. The van der Waals surface area contributed by atoms with Crippen LogP contribution in [-0.4, -0.2) is 40.9 Å². The Bertz CT molecular complexity index is 758. The summed E-state index contributed by atoms with van der Waals surface area (Å²) in [4.78, 5) is 38.1. The number of rotatable bonds is 5. The van der Waals surface area contributed by atoms with Crippen molar-refractivity contribution in [3.63, 3.8) is 0 Å². The van der Waals surface area contributed by atoms with Gasteiger partial charge in [0.05, 0.1) is 5.92 Å². The van der Waals surface area contributed by atoms with E-state index in [2.05, 4.69) is 5.32 Å². The van der Waals surface area contributed by atoms with E-state index < -0.39 is 11.9 Å². The highest BCUT2D eigenvalue weighted by atomic mass is 16.4. The van der Waals surface area contributed by atoms with E-state index in [4.69, 9.17) is 0 Å². The van der Waals surface area contributed by atoms with Crippen LogP contribution in [0.4, 0.5) is 5.69 Å². The minimum atomic E-state index is -0.809. The highest BCUT2D eigenvalue weighted by molar-refractivity contribution is 5.98. The van der Waals surface area contributed by atoms with Crippen LogP contribution in [0.3, 0.4) is 0 Å². The Morgan fingerprint density at radius 1 is 1.15 bits per heavy atom. The lowest BCUT2D eigenvalue weighted by Gasteiger charge is -2.17. The highest BCUT2D eigenvalue weighted by Gasteiger charge is 2.47. The van der Waals surface area contributed by atoms with Gasteiger partial charge in [0, 0.05) is 30.3 Å². The third kappa shape index (κ3) is 3.32. The number of carboxylic acid groups (broad SMARTS) is 1. The molecule has 2 amide bonds. The van der Waals surface area contributed by atoms with E-state index in [0.29, 0.717) is 29.6 Å². The normalized spacial score (nSPS) is 30.1. The maximum Gasteiger partial charge on any atom is 0.308 e. The average Bonchev–Trinajstić information content (AvgIpc) is 3.53. The molecule has 1 aliphatic heterocycles. The zero-order valence-corrected chi connectivity index (χ0v) is 14.9. The van der Waals surface area contributed by atoms with Gasteiger partial charge in [-0.25, -0.2) is 0 Å². The monoisotopic (exact) mass is 356 g/mol. The number of nitrogens with zero attached hydrogens (tertiary/aromatic N) is 1. The van der Waals surface area contributed by atoms with E-state index >= 15 is 0 Å². The van der Waals surface area contributed by atoms with Gasteiger partial charge in [0.1, 0.15) is 0 Å². The van der Waals surface area contributed by atoms with Crippen LogP contribution in [0.2, 0.25) is 0 Å². The van der Waals surface area contributed by atoms with Crippen molar-refractivity contribution in [3.8, 4) is 0 Å². The molecule has 0 radical (unpaired) electrons. The largest absolute Gasteiger partial charge is 0.481 e. The molecule has 2 N–H and O–H groups in total. The van der Waals surface area contributed by atoms with Crippen LogP contribution in [0.25, 0.3) is 0 Å². The molecule has 3 fully saturated rings. The Hall–Kier alpha value is -2.37. The molecule has 2 unspecified atom stereocenters. The van der Waals surface area contributed by atoms with Crippen LogP contribution < -0.4 is 5.32 Å². The molecule has 0 spiro atoms. The van der Waals surface area contributed by atoms with Crippen molar-refractivity contribution in [2.24, 2.45) is 29.6 Å². The van der Waals surface area contributed by atoms with Crippen LogP contribution >= 0.6 is 0 Å². The van der Waals surface area contributed by atoms with Gasteiger partial charge < -0.3 is 15.3 Å². The molecule has 2 saturated carbocycles. The van der Waals surface area contributed by atoms with Crippen molar-refractivity contribution in [2.45, 2.75) is 26.2 Å². The molecular weight excluding hydrogens is 332 g/mol. The van der Waals surface area contributed by atoms with E-state index in [9.17, 15) is 19.5 Å². The number of nitrogens with one attached hydrogen (secondary N) is 1. The summed E-state index contributed by atoms with van der Waals surface area (Å²) in [6.07, 6.45) is 3.05. The molecule has 4 atom stereocenters. The summed E-state index contributed by atoms with van der Waals surface area (Å²) in [6.45, 7) is 2.83. The van der Waals surface area contributed by atoms with Gasteiger partial charge >= 0.3 is 5.97 Å². The molecule has 1 aromatic carbocycles. The summed E-state index contributed by atoms with van der Waals surface area (Å²) in [7, 11) is 0. The van der Waals surface area contributed by atoms with Crippen LogP contribution in [0.15, 0.2) is 24.3 Å². The Balaban J connectivity index is 1.45. The van der Waals surface area contributed by atoms with Gasteiger partial charge in [0.15, 0.2) is 0 Å². The molecule has 6 nitrogen and oxygen atoms in total. The highest BCUT2D eigenvalue weighted by Crippen LogP contribution is 2.44. The van der Waals surface area contributed by atoms with Gasteiger partial charge in [-0.2, -0.15) is 0 Å². The lowest BCUT2D eigenvalue weighted by atomic mass is 9.92. The van der Waals surface area contributed by atoms with Crippen molar-refractivity contribution in [2.75, 3.05) is 18.4 Å². The first-order valence-corrected chi connectivity index (χ1v) is 9.37. The molecule has 3 aliphatic rings. The van der Waals surface area contributed by atoms with Crippen LogP contribution in [-0.2, 0) is 9.59 Å². The van der Waals surface area contributed by atoms with E-state index in [1.807, 2.05) is 6.92 Å². The Morgan fingerprint density at radius 2 is 1.88 bits per heavy atom. The number of hydrogen-bond acceptors (Lipinski definition) is 3. The number of amides is 2. The van der Waals surface area contributed by atoms with E-state index in [0.717, 1.165) is 19.3 Å². The van der Waals surface area contributed by atoms with Crippen molar-refractivity contribution in [1.82, 2.24) is 4.90 Å². The first-order valence-electron chi connectivity index (χ1n) is 9.37. The standard InChI is InChI=1S/C20H24N2O4/c1-11-7-15(11)18(23)21-14-4-2-3-13(8-14)19(24)22-9-16(12-5-6-12)17(10-22)20(25)26/h2-4,8,11-12,15-17H,5-7,9-10H2,1H3,(H,21,23)(H,25,26)/t11?,15?,16-,17+/m1/s1. The van der Waals surface area contributed by atoms with E-state index in [-0.39, 0.29) is 30.2 Å². The molecule has 2 aliphatic carbocycles. The van der Waals surface area contributed by atoms with E-state index in [1.165, 1.54) is 0 Å². The number of carbonyl (C=O) groups excluding carboxylic acids is 2. The minimum absolute atomic E-state index is 0.00279. The fraction of sp³-hybridized carbons (Fsp3) is 0.550. The first-order chi connectivity index (χ1) is 12.4.